The number of hydrogen-bond donors (Lipinski definition) is 3. The maximum Gasteiger partial charge on any atom is 0.305 e. The summed E-state index contributed by atoms with van der Waals surface area (Å²) in [6, 6.07) is 14.2. The molecule has 1 saturated heterocycles. The molecule has 1 amide bonds. The number of carbonyl (C=O) groups excluding carboxylic acids is 1. The van der Waals surface area contributed by atoms with E-state index in [-0.39, 0.29) is 40.1 Å². The van der Waals surface area contributed by atoms with Crippen molar-refractivity contribution in [2.24, 2.45) is 0 Å². The Balaban J connectivity index is 1.69. The van der Waals surface area contributed by atoms with Crippen LogP contribution in [-0.4, -0.2) is 53.8 Å². The molecule has 3 heterocycles. The number of carboxylic acid groups (broad SMARTS) is 1. The van der Waals surface area contributed by atoms with Crippen molar-refractivity contribution in [2.75, 3.05) is 18.4 Å². The van der Waals surface area contributed by atoms with E-state index in [1.54, 1.807) is 36.5 Å². The molecule has 0 radical (unpaired) electrons. The van der Waals surface area contributed by atoms with Crippen LogP contribution in [0.15, 0.2) is 64.4 Å². The van der Waals surface area contributed by atoms with Crippen LogP contribution in [-0.2, 0) is 9.59 Å². The topological polar surface area (TPSA) is 124 Å². The van der Waals surface area contributed by atoms with E-state index >= 15 is 0 Å². The lowest BCUT2D eigenvalue weighted by Crippen LogP contribution is -2.30. The standard InChI is InChI=1S/C23H20N4O5S2/c28-16(14-6-2-1-3-7-14)13-24-20-15(21(31)26-10-5-4-8-18(26)25-20)12-17-22(32)27(23(33)34-17)11-9-19(29)30/h1-8,10,12,16,24,28H,9,11,13H2,(H,29,30). The number of thiocarbonyl (C=S) groups is 1. The molecule has 9 nitrogen and oxygen atoms in total. The van der Waals surface area contributed by atoms with Crippen molar-refractivity contribution >= 4 is 57.7 Å². The van der Waals surface area contributed by atoms with Crippen LogP contribution in [0.5, 0.6) is 0 Å². The molecule has 1 aliphatic rings. The minimum absolute atomic E-state index is 0.0549. The first-order valence-electron chi connectivity index (χ1n) is 10.3. The predicted molar refractivity (Wildman–Crippen MR) is 133 cm³/mol. The Morgan fingerprint density at radius 1 is 1.18 bits per heavy atom. The van der Waals surface area contributed by atoms with Crippen molar-refractivity contribution in [3.05, 3.63) is 81.1 Å². The molecule has 3 aromatic rings. The molecule has 174 valence electrons. The Morgan fingerprint density at radius 3 is 2.65 bits per heavy atom. The Morgan fingerprint density at radius 2 is 1.91 bits per heavy atom. The van der Waals surface area contributed by atoms with E-state index in [1.807, 2.05) is 18.2 Å². The van der Waals surface area contributed by atoms with E-state index in [2.05, 4.69) is 10.3 Å². The first-order valence-corrected chi connectivity index (χ1v) is 11.5. The first kappa shape index (κ1) is 23.6. The maximum atomic E-state index is 13.3. The van der Waals surface area contributed by atoms with E-state index in [4.69, 9.17) is 17.3 Å². The van der Waals surface area contributed by atoms with Gasteiger partial charge in [0.15, 0.2) is 0 Å². The average Bonchev–Trinajstić information content (AvgIpc) is 3.10. The van der Waals surface area contributed by atoms with E-state index in [9.17, 15) is 19.5 Å². The lowest BCUT2D eigenvalue weighted by molar-refractivity contribution is -0.137. The summed E-state index contributed by atoms with van der Waals surface area (Å²) in [6.07, 6.45) is 1.89. The fraction of sp³-hybridized carbons (Fsp3) is 0.174. The van der Waals surface area contributed by atoms with Crippen LogP contribution in [0, 0.1) is 0 Å². The predicted octanol–water partition coefficient (Wildman–Crippen LogP) is 2.52. The zero-order valence-electron chi connectivity index (χ0n) is 17.7. The molecule has 1 aliphatic heterocycles. The van der Waals surface area contributed by atoms with E-state index in [0.29, 0.717) is 11.2 Å². The van der Waals surface area contributed by atoms with Gasteiger partial charge in [-0.15, -0.1) is 0 Å². The number of carbonyl (C=O) groups is 2. The smallest absolute Gasteiger partial charge is 0.305 e. The number of aliphatic hydroxyl groups is 1. The van der Waals surface area contributed by atoms with Crippen molar-refractivity contribution < 1.29 is 19.8 Å². The Kier molecular flexibility index (Phi) is 7.06. The highest BCUT2D eigenvalue weighted by Crippen LogP contribution is 2.33. The molecule has 3 N–H and O–H groups in total. The van der Waals surface area contributed by atoms with Crippen LogP contribution in [0.4, 0.5) is 5.82 Å². The van der Waals surface area contributed by atoms with E-state index < -0.39 is 23.5 Å². The molecule has 0 spiro atoms. The summed E-state index contributed by atoms with van der Waals surface area (Å²) in [4.78, 5) is 42.9. The third-order valence-electron chi connectivity index (χ3n) is 5.11. The number of thioether (sulfide) groups is 1. The minimum Gasteiger partial charge on any atom is -0.481 e. The Labute approximate surface area is 203 Å². The molecular weight excluding hydrogens is 476 g/mol. The number of nitrogens with zero attached hydrogens (tertiary/aromatic N) is 3. The number of hydrogen-bond acceptors (Lipinski definition) is 8. The van der Waals surface area contributed by atoms with Crippen LogP contribution in [0.1, 0.15) is 23.7 Å². The Bertz CT molecular complexity index is 1360. The maximum absolute atomic E-state index is 13.3. The average molecular weight is 497 g/mol. The van der Waals surface area contributed by atoms with Gasteiger partial charge in [-0.25, -0.2) is 4.98 Å². The summed E-state index contributed by atoms with van der Waals surface area (Å²) >= 11 is 6.23. The molecule has 11 heteroatoms. The summed E-state index contributed by atoms with van der Waals surface area (Å²) in [5, 5.41) is 22.5. The third kappa shape index (κ3) is 5.01. The van der Waals surface area contributed by atoms with Gasteiger partial charge in [0.25, 0.3) is 11.5 Å². The van der Waals surface area contributed by atoms with Gasteiger partial charge in [0.05, 0.1) is 23.0 Å². The normalized spacial score (nSPS) is 15.8. The lowest BCUT2D eigenvalue weighted by Gasteiger charge is -2.15. The van der Waals surface area contributed by atoms with Gasteiger partial charge in [0.1, 0.15) is 15.8 Å². The Hall–Kier alpha value is -3.54. The van der Waals surface area contributed by atoms with Crippen molar-refractivity contribution in [2.45, 2.75) is 12.5 Å². The molecule has 1 fully saturated rings. The number of aliphatic carboxylic acids is 1. The number of pyridine rings is 1. The van der Waals surface area contributed by atoms with Crippen LogP contribution in [0.2, 0.25) is 0 Å². The van der Waals surface area contributed by atoms with Crippen LogP contribution >= 0.6 is 24.0 Å². The molecule has 34 heavy (non-hydrogen) atoms. The second kappa shape index (κ2) is 10.2. The number of rotatable bonds is 8. The van der Waals surface area contributed by atoms with Gasteiger partial charge in [-0.1, -0.05) is 60.4 Å². The highest BCUT2D eigenvalue weighted by atomic mass is 32.2. The number of benzene rings is 1. The number of aromatic nitrogens is 2. The summed E-state index contributed by atoms with van der Waals surface area (Å²) < 4.78 is 1.58. The van der Waals surface area contributed by atoms with Gasteiger partial charge in [0.2, 0.25) is 0 Å². The fourth-order valence-corrected chi connectivity index (χ4v) is 4.68. The first-order chi connectivity index (χ1) is 16.3. The van der Waals surface area contributed by atoms with Gasteiger partial charge >= 0.3 is 5.97 Å². The van der Waals surface area contributed by atoms with Gasteiger partial charge in [0, 0.05) is 19.3 Å². The molecular formula is C23H20N4O5S2. The minimum atomic E-state index is -1.04. The second-order valence-electron chi connectivity index (χ2n) is 7.39. The van der Waals surface area contributed by atoms with Crippen LogP contribution in [0.25, 0.3) is 11.7 Å². The quantitative estimate of drug-likeness (QED) is 0.319. The highest BCUT2D eigenvalue weighted by molar-refractivity contribution is 8.26. The number of amides is 1. The molecule has 0 aliphatic carbocycles. The lowest BCUT2D eigenvalue weighted by atomic mass is 10.1. The van der Waals surface area contributed by atoms with Crippen molar-refractivity contribution in [1.82, 2.24) is 14.3 Å². The van der Waals surface area contributed by atoms with Gasteiger partial charge in [-0.3, -0.25) is 23.7 Å². The van der Waals surface area contributed by atoms with Crippen molar-refractivity contribution in [3.63, 3.8) is 0 Å². The van der Waals surface area contributed by atoms with Crippen LogP contribution < -0.4 is 10.9 Å². The van der Waals surface area contributed by atoms with Gasteiger partial charge in [-0.2, -0.15) is 0 Å². The molecule has 2 aromatic heterocycles. The molecule has 1 unspecified atom stereocenters. The van der Waals surface area contributed by atoms with E-state index in [0.717, 1.165) is 11.8 Å². The summed E-state index contributed by atoms with van der Waals surface area (Å²) in [7, 11) is 0. The monoisotopic (exact) mass is 496 g/mol. The van der Waals surface area contributed by atoms with Crippen LogP contribution in [0.3, 0.4) is 0 Å². The van der Waals surface area contributed by atoms with Crippen molar-refractivity contribution in [1.29, 1.82) is 0 Å². The highest BCUT2D eigenvalue weighted by Gasteiger charge is 2.32. The molecule has 1 aromatic carbocycles. The molecule has 0 bridgehead atoms. The number of fused-ring (bicyclic) bond motifs is 1. The largest absolute Gasteiger partial charge is 0.481 e. The number of carboxylic acids is 1. The second-order valence-corrected chi connectivity index (χ2v) is 9.07. The number of anilines is 1. The zero-order chi connectivity index (χ0) is 24.2. The SMILES string of the molecule is O=C(O)CCN1C(=O)C(=Cc2c(NCC(O)c3ccccc3)nc3ccccn3c2=O)SC1=S. The molecule has 0 saturated carbocycles. The molecule has 4 rings (SSSR count). The zero-order valence-corrected chi connectivity index (χ0v) is 19.4. The van der Waals surface area contributed by atoms with Crippen molar-refractivity contribution in [3.8, 4) is 0 Å². The van der Waals surface area contributed by atoms with Gasteiger partial charge in [-0.05, 0) is 23.8 Å². The summed E-state index contributed by atoms with van der Waals surface area (Å²) in [6.45, 7) is 0.0283. The fourth-order valence-electron chi connectivity index (χ4n) is 3.39. The van der Waals surface area contributed by atoms with Gasteiger partial charge < -0.3 is 15.5 Å². The van der Waals surface area contributed by atoms with E-state index in [1.165, 1.54) is 15.4 Å². The molecule has 1 atom stereocenters. The number of nitrogens with one attached hydrogen (secondary N) is 1. The number of aliphatic hydroxyl groups excluding tert-OH is 1. The summed E-state index contributed by atoms with van der Waals surface area (Å²) in [5.74, 6) is -1.30. The summed E-state index contributed by atoms with van der Waals surface area (Å²) in [5.41, 5.74) is 0.824. The third-order valence-corrected chi connectivity index (χ3v) is 6.49.